The first-order valence-electron chi connectivity index (χ1n) is 7.45. The fourth-order valence-corrected chi connectivity index (χ4v) is 2.96. The van der Waals surface area contributed by atoms with E-state index in [1.807, 2.05) is 6.07 Å². The predicted molar refractivity (Wildman–Crippen MR) is 78.6 cm³/mol. The van der Waals surface area contributed by atoms with Crippen LogP contribution in [-0.2, 0) is 5.41 Å². The van der Waals surface area contributed by atoms with Crippen molar-refractivity contribution in [1.29, 1.82) is 0 Å². The molecule has 0 heterocycles. The number of hydrogen-bond acceptors (Lipinski definition) is 2. The van der Waals surface area contributed by atoms with Gasteiger partial charge in [0, 0.05) is 0 Å². The van der Waals surface area contributed by atoms with Gasteiger partial charge in [-0.1, -0.05) is 39.3 Å². The van der Waals surface area contributed by atoms with Gasteiger partial charge in [0.25, 0.3) is 0 Å². The quantitative estimate of drug-likeness (QED) is 0.861. The number of phenolic OH excluding ortho intramolecular Hbond substituents is 1. The van der Waals surface area contributed by atoms with E-state index >= 15 is 0 Å². The van der Waals surface area contributed by atoms with Gasteiger partial charge >= 0.3 is 0 Å². The predicted octanol–water partition coefficient (Wildman–Crippen LogP) is 4.10. The van der Waals surface area contributed by atoms with Crippen LogP contribution in [0, 0.1) is 0 Å². The monoisotopic (exact) mass is 262 g/mol. The van der Waals surface area contributed by atoms with E-state index in [0.29, 0.717) is 11.7 Å². The summed E-state index contributed by atoms with van der Waals surface area (Å²) in [6.07, 6.45) is 4.65. The summed E-state index contributed by atoms with van der Waals surface area (Å²) in [6.45, 7) is 6.57. The molecular weight excluding hydrogens is 236 g/mol. The maximum Gasteiger partial charge on any atom is 0.119 e. The summed E-state index contributed by atoms with van der Waals surface area (Å²) in [5.74, 6) is 0.709. The lowest BCUT2D eigenvalue weighted by atomic mass is 9.78. The van der Waals surface area contributed by atoms with Crippen LogP contribution >= 0.6 is 0 Å². The first kappa shape index (κ1) is 14.4. The molecule has 19 heavy (non-hydrogen) atoms. The van der Waals surface area contributed by atoms with Gasteiger partial charge < -0.3 is 10.2 Å². The molecule has 0 aromatic heterocycles. The third kappa shape index (κ3) is 3.11. The van der Waals surface area contributed by atoms with Gasteiger partial charge in [-0.2, -0.15) is 0 Å². The summed E-state index contributed by atoms with van der Waals surface area (Å²) in [7, 11) is 0. The summed E-state index contributed by atoms with van der Waals surface area (Å²) >= 11 is 0. The highest BCUT2D eigenvalue weighted by Crippen LogP contribution is 2.39. The molecule has 0 amide bonds. The van der Waals surface area contributed by atoms with E-state index in [9.17, 15) is 10.2 Å². The molecule has 2 unspecified atom stereocenters. The number of phenols is 1. The molecule has 1 aliphatic carbocycles. The summed E-state index contributed by atoms with van der Waals surface area (Å²) in [5.41, 5.74) is 2.30. The van der Waals surface area contributed by atoms with Crippen molar-refractivity contribution in [3.05, 3.63) is 29.3 Å². The Bertz CT molecular complexity index is 437. The third-order valence-electron chi connectivity index (χ3n) is 4.78. The molecule has 1 aromatic rings. The molecular formula is C17H26O2. The van der Waals surface area contributed by atoms with Gasteiger partial charge in [0.1, 0.15) is 5.75 Å². The normalized spacial score (nSPS) is 24.4. The molecule has 0 aliphatic heterocycles. The standard InChI is InChI=1S/C17H26O2/c1-4-17(2,3)13-8-9-15(16(19)11-13)12-6-5-7-14(18)10-12/h8-9,11-12,14,18-19H,4-7,10H2,1-3H3. The fourth-order valence-electron chi connectivity index (χ4n) is 2.96. The lowest BCUT2D eigenvalue weighted by molar-refractivity contribution is 0.119. The second-order valence-electron chi connectivity index (χ2n) is 6.53. The Balaban J connectivity index is 2.24. The molecule has 1 fully saturated rings. The summed E-state index contributed by atoms with van der Waals surface area (Å²) < 4.78 is 0. The molecule has 1 aliphatic rings. The summed E-state index contributed by atoms with van der Waals surface area (Å²) in [6, 6.07) is 6.12. The van der Waals surface area contributed by atoms with E-state index in [1.165, 1.54) is 5.56 Å². The van der Waals surface area contributed by atoms with Gasteiger partial charge in [0.2, 0.25) is 0 Å². The zero-order chi connectivity index (χ0) is 14.0. The van der Waals surface area contributed by atoms with Crippen LogP contribution in [0.5, 0.6) is 5.75 Å². The molecule has 0 saturated heterocycles. The molecule has 0 bridgehead atoms. The number of aromatic hydroxyl groups is 1. The zero-order valence-corrected chi connectivity index (χ0v) is 12.3. The number of rotatable bonds is 3. The Morgan fingerprint density at radius 2 is 2.00 bits per heavy atom. The molecule has 0 radical (unpaired) electrons. The zero-order valence-electron chi connectivity index (χ0n) is 12.3. The van der Waals surface area contributed by atoms with Crippen molar-refractivity contribution < 1.29 is 10.2 Å². The number of hydrogen-bond donors (Lipinski definition) is 2. The van der Waals surface area contributed by atoms with E-state index in [4.69, 9.17) is 0 Å². The second-order valence-corrected chi connectivity index (χ2v) is 6.53. The fraction of sp³-hybridized carbons (Fsp3) is 0.647. The van der Waals surface area contributed by atoms with Crippen LogP contribution in [0.3, 0.4) is 0 Å². The molecule has 2 heteroatoms. The molecule has 0 spiro atoms. The van der Waals surface area contributed by atoms with E-state index in [-0.39, 0.29) is 11.5 Å². The summed E-state index contributed by atoms with van der Waals surface area (Å²) in [4.78, 5) is 0. The van der Waals surface area contributed by atoms with Crippen molar-refractivity contribution in [2.45, 2.75) is 70.3 Å². The van der Waals surface area contributed by atoms with Gasteiger partial charge in [0.05, 0.1) is 6.10 Å². The third-order valence-corrected chi connectivity index (χ3v) is 4.78. The van der Waals surface area contributed by atoms with Crippen molar-refractivity contribution in [3.63, 3.8) is 0 Å². The molecule has 2 atom stereocenters. The van der Waals surface area contributed by atoms with Crippen LogP contribution in [0.25, 0.3) is 0 Å². The van der Waals surface area contributed by atoms with Crippen molar-refractivity contribution in [2.75, 3.05) is 0 Å². The molecule has 2 nitrogen and oxygen atoms in total. The molecule has 2 rings (SSSR count). The van der Waals surface area contributed by atoms with Gasteiger partial charge in [-0.05, 0) is 54.2 Å². The first-order chi connectivity index (χ1) is 8.94. The Kier molecular flexibility index (Phi) is 4.19. The highest BCUT2D eigenvalue weighted by molar-refractivity contribution is 5.41. The average Bonchev–Trinajstić information content (AvgIpc) is 2.38. The van der Waals surface area contributed by atoms with Gasteiger partial charge in [-0.15, -0.1) is 0 Å². The molecule has 1 saturated carbocycles. The summed E-state index contributed by atoms with van der Waals surface area (Å²) in [5, 5.41) is 20.1. The number of benzene rings is 1. The topological polar surface area (TPSA) is 40.5 Å². The molecule has 2 N–H and O–H groups in total. The smallest absolute Gasteiger partial charge is 0.119 e. The van der Waals surface area contributed by atoms with Crippen LogP contribution in [0.4, 0.5) is 0 Å². The molecule has 1 aromatic carbocycles. The minimum absolute atomic E-state index is 0.0993. The van der Waals surface area contributed by atoms with Crippen LogP contribution in [0.2, 0.25) is 0 Å². The van der Waals surface area contributed by atoms with Gasteiger partial charge in [-0.3, -0.25) is 0 Å². The number of aliphatic hydroxyl groups is 1. The Morgan fingerprint density at radius 1 is 1.26 bits per heavy atom. The van der Waals surface area contributed by atoms with Crippen LogP contribution in [-0.4, -0.2) is 16.3 Å². The average molecular weight is 262 g/mol. The van der Waals surface area contributed by atoms with Gasteiger partial charge in [0.15, 0.2) is 0 Å². The van der Waals surface area contributed by atoms with Crippen LogP contribution < -0.4 is 0 Å². The van der Waals surface area contributed by atoms with E-state index < -0.39 is 0 Å². The molecule has 106 valence electrons. The van der Waals surface area contributed by atoms with Crippen molar-refractivity contribution >= 4 is 0 Å². The number of aliphatic hydroxyl groups excluding tert-OH is 1. The minimum atomic E-state index is -0.204. The maximum atomic E-state index is 10.3. The van der Waals surface area contributed by atoms with Crippen LogP contribution in [0.15, 0.2) is 18.2 Å². The first-order valence-corrected chi connectivity index (χ1v) is 7.45. The SMILES string of the molecule is CCC(C)(C)c1ccc(C2CCCC(O)C2)c(O)c1. The maximum absolute atomic E-state index is 10.3. The van der Waals surface area contributed by atoms with E-state index in [1.54, 1.807) is 0 Å². The second kappa shape index (κ2) is 5.54. The van der Waals surface area contributed by atoms with E-state index in [0.717, 1.165) is 37.7 Å². The van der Waals surface area contributed by atoms with Crippen molar-refractivity contribution in [1.82, 2.24) is 0 Å². The Morgan fingerprint density at radius 3 is 2.58 bits per heavy atom. The van der Waals surface area contributed by atoms with Crippen LogP contribution in [0.1, 0.15) is 69.9 Å². The Hall–Kier alpha value is -1.02. The minimum Gasteiger partial charge on any atom is -0.508 e. The van der Waals surface area contributed by atoms with Crippen molar-refractivity contribution in [2.24, 2.45) is 0 Å². The highest BCUT2D eigenvalue weighted by atomic mass is 16.3. The lowest BCUT2D eigenvalue weighted by Crippen LogP contribution is -2.19. The highest BCUT2D eigenvalue weighted by Gasteiger charge is 2.25. The van der Waals surface area contributed by atoms with Crippen molar-refractivity contribution in [3.8, 4) is 5.75 Å². The Labute approximate surface area is 116 Å². The largest absolute Gasteiger partial charge is 0.508 e. The van der Waals surface area contributed by atoms with E-state index in [2.05, 4.69) is 32.9 Å². The van der Waals surface area contributed by atoms with Gasteiger partial charge in [-0.25, -0.2) is 0 Å². The lowest BCUT2D eigenvalue weighted by Gasteiger charge is -2.28.